The molecular formula is C23H25N3O4S. The van der Waals surface area contributed by atoms with Crippen LogP contribution >= 0.6 is 11.8 Å². The van der Waals surface area contributed by atoms with Gasteiger partial charge in [-0.1, -0.05) is 23.9 Å². The van der Waals surface area contributed by atoms with E-state index in [-0.39, 0.29) is 18.3 Å². The Kier molecular flexibility index (Phi) is 7.36. The van der Waals surface area contributed by atoms with E-state index in [1.165, 1.54) is 30.0 Å². The summed E-state index contributed by atoms with van der Waals surface area (Å²) >= 11 is 1.38. The van der Waals surface area contributed by atoms with Crippen LogP contribution < -0.4 is 10.1 Å². The third kappa shape index (κ3) is 5.67. The number of nitrogens with one attached hydrogen (secondary N) is 1. The van der Waals surface area contributed by atoms with Crippen LogP contribution in [0.3, 0.4) is 0 Å². The number of esters is 1. The maximum Gasteiger partial charge on any atom is 0.343 e. The average Bonchev–Trinajstić information content (AvgIpc) is 3.22. The van der Waals surface area contributed by atoms with Crippen molar-refractivity contribution in [3.63, 3.8) is 0 Å². The van der Waals surface area contributed by atoms with Gasteiger partial charge >= 0.3 is 5.97 Å². The molecule has 31 heavy (non-hydrogen) atoms. The molecule has 0 spiro atoms. The number of imidazole rings is 1. The molecule has 0 fully saturated rings. The number of methoxy groups -OCH3 is 1. The molecule has 1 aromatic heterocycles. The molecule has 3 aromatic rings. The van der Waals surface area contributed by atoms with Crippen LogP contribution in [0.25, 0.3) is 5.69 Å². The van der Waals surface area contributed by atoms with Crippen molar-refractivity contribution in [2.75, 3.05) is 24.8 Å². The van der Waals surface area contributed by atoms with Crippen LogP contribution in [0.4, 0.5) is 5.69 Å². The van der Waals surface area contributed by atoms with Gasteiger partial charge in [-0.15, -0.1) is 0 Å². The molecule has 0 aliphatic carbocycles. The Labute approximate surface area is 185 Å². The molecule has 0 saturated heterocycles. The molecule has 0 atom stereocenters. The molecule has 0 saturated carbocycles. The summed E-state index contributed by atoms with van der Waals surface area (Å²) in [6.07, 6.45) is 3.64. The number of aromatic nitrogens is 2. The fraction of sp³-hybridized carbons (Fsp3) is 0.261. The van der Waals surface area contributed by atoms with Gasteiger partial charge < -0.3 is 14.8 Å². The van der Waals surface area contributed by atoms with Gasteiger partial charge in [0, 0.05) is 18.1 Å². The van der Waals surface area contributed by atoms with Crippen molar-refractivity contribution >= 4 is 29.3 Å². The van der Waals surface area contributed by atoms with E-state index in [9.17, 15) is 9.59 Å². The van der Waals surface area contributed by atoms with E-state index in [0.717, 1.165) is 16.4 Å². The molecule has 1 heterocycles. The predicted molar refractivity (Wildman–Crippen MR) is 121 cm³/mol. The number of hydrogen-bond donors (Lipinski definition) is 1. The summed E-state index contributed by atoms with van der Waals surface area (Å²) < 4.78 is 11.9. The Bertz CT molecular complexity index is 1090. The van der Waals surface area contributed by atoms with Crippen LogP contribution in [-0.4, -0.2) is 40.9 Å². The molecule has 1 amide bonds. The standard InChI is InChI=1S/C23H25N3O4S/c1-15-6-5-7-20(17(15)3)26-11-10-24-23(26)31-14-21(27)25-19-9-8-18(12-16(19)2)30-13-22(28)29-4/h5-12H,13-14H2,1-4H3,(H,25,27). The molecule has 2 aromatic carbocycles. The lowest BCUT2D eigenvalue weighted by atomic mass is 10.1. The number of aryl methyl sites for hydroxylation is 2. The lowest BCUT2D eigenvalue weighted by Crippen LogP contribution is -2.16. The van der Waals surface area contributed by atoms with Gasteiger partial charge in [0.25, 0.3) is 0 Å². The Morgan fingerprint density at radius 2 is 1.94 bits per heavy atom. The van der Waals surface area contributed by atoms with E-state index in [0.29, 0.717) is 11.4 Å². The first-order valence-corrected chi connectivity index (χ1v) is 10.7. The highest BCUT2D eigenvalue weighted by atomic mass is 32.2. The molecule has 7 nitrogen and oxygen atoms in total. The van der Waals surface area contributed by atoms with Crippen LogP contribution in [0.5, 0.6) is 5.75 Å². The van der Waals surface area contributed by atoms with E-state index in [1.54, 1.807) is 24.4 Å². The number of carbonyl (C=O) groups excluding carboxylic acids is 2. The molecule has 0 radical (unpaired) electrons. The van der Waals surface area contributed by atoms with Gasteiger partial charge in [-0.05, 0) is 61.7 Å². The first-order valence-electron chi connectivity index (χ1n) is 9.72. The Hall–Kier alpha value is -3.26. The largest absolute Gasteiger partial charge is 0.482 e. The van der Waals surface area contributed by atoms with Gasteiger partial charge in [0.15, 0.2) is 11.8 Å². The normalized spacial score (nSPS) is 10.6. The number of ether oxygens (including phenoxy) is 2. The van der Waals surface area contributed by atoms with Crippen molar-refractivity contribution in [2.24, 2.45) is 0 Å². The smallest absolute Gasteiger partial charge is 0.343 e. The number of rotatable bonds is 8. The Morgan fingerprint density at radius 3 is 2.68 bits per heavy atom. The Morgan fingerprint density at radius 1 is 1.13 bits per heavy atom. The van der Waals surface area contributed by atoms with E-state index in [2.05, 4.69) is 35.0 Å². The highest BCUT2D eigenvalue weighted by molar-refractivity contribution is 7.99. The molecule has 162 valence electrons. The van der Waals surface area contributed by atoms with Gasteiger partial charge in [0.05, 0.1) is 18.6 Å². The molecule has 3 rings (SSSR count). The second-order valence-corrected chi connectivity index (χ2v) is 7.92. The first-order chi connectivity index (χ1) is 14.9. The topological polar surface area (TPSA) is 82.4 Å². The highest BCUT2D eigenvalue weighted by Gasteiger charge is 2.12. The summed E-state index contributed by atoms with van der Waals surface area (Å²) in [5.74, 6) is 0.172. The zero-order valence-electron chi connectivity index (χ0n) is 18.0. The molecule has 8 heteroatoms. The highest BCUT2D eigenvalue weighted by Crippen LogP contribution is 2.25. The second kappa shape index (κ2) is 10.2. The lowest BCUT2D eigenvalue weighted by Gasteiger charge is -2.13. The van der Waals surface area contributed by atoms with Crippen molar-refractivity contribution in [1.29, 1.82) is 0 Å². The summed E-state index contributed by atoms with van der Waals surface area (Å²) in [4.78, 5) is 28.1. The van der Waals surface area contributed by atoms with Crippen molar-refractivity contribution < 1.29 is 19.1 Å². The number of amides is 1. The summed E-state index contributed by atoms with van der Waals surface area (Å²) in [6, 6.07) is 11.3. The van der Waals surface area contributed by atoms with Crippen molar-refractivity contribution in [1.82, 2.24) is 9.55 Å². The predicted octanol–water partition coefficient (Wildman–Crippen LogP) is 4.08. The molecule has 0 bridgehead atoms. The van der Waals surface area contributed by atoms with Crippen molar-refractivity contribution in [3.8, 4) is 11.4 Å². The lowest BCUT2D eigenvalue weighted by molar-refractivity contribution is -0.142. The summed E-state index contributed by atoms with van der Waals surface area (Å²) in [7, 11) is 1.31. The van der Waals surface area contributed by atoms with Gasteiger partial charge in [-0.2, -0.15) is 0 Å². The minimum absolute atomic E-state index is 0.133. The SMILES string of the molecule is COC(=O)COc1ccc(NC(=O)CSc2nccn2-c2cccc(C)c2C)c(C)c1. The molecule has 0 unspecified atom stereocenters. The quantitative estimate of drug-likeness (QED) is 0.421. The number of thioether (sulfide) groups is 1. The minimum Gasteiger partial charge on any atom is -0.482 e. The summed E-state index contributed by atoms with van der Waals surface area (Å²) in [5.41, 5.74) is 4.96. The van der Waals surface area contributed by atoms with Gasteiger partial charge in [0.2, 0.25) is 5.91 Å². The van der Waals surface area contributed by atoms with Crippen LogP contribution in [0.1, 0.15) is 16.7 Å². The number of hydrogen-bond acceptors (Lipinski definition) is 6. The van der Waals surface area contributed by atoms with E-state index in [4.69, 9.17) is 4.74 Å². The molecule has 0 aliphatic heterocycles. The fourth-order valence-electron chi connectivity index (χ4n) is 2.96. The number of benzene rings is 2. The third-order valence-corrected chi connectivity index (χ3v) is 5.80. The monoisotopic (exact) mass is 439 g/mol. The average molecular weight is 440 g/mol. The first kappa shape index (κ1) is 22.4. The van der Waals surface area contributed by atoms with E-state index in [1.807, 2.05) is 29.8 Å². The summed E-state index contributed by atoms with van der Waals surface area (Å²) in [6.45, 7) is 5.85. The van der Waals surface area contributed by atoms with Crippen molar-refractivity contribution in [3.05, 3.63) is 65.5 Å². The fourth-order valence-corrected chi connectivity index (χ4v) is 3.73. The zero-order valence-corrected chi connectivity index (χ0v) is 18.8. The van der Waals surface area contributed by atoms with Gasteiger partial charge in [0.1, 0.15) is 5.75 Å². The van der Waals surface area contributed by atoms with Crippen LogP contribution in [0.2, 0.25) is 0 Å². The van der Waals surface area contributed by atoms with Gasteiger partial charge in [-0.25, -0.2) is 9.78 Å². The van der Waals surface area contributed by atoms with Crippen molar-refractivity contribution in [2.45, 2.75) is 25.9 Å². The Balaban J connectivity index is 1.61. The molecular weight excluding hydrogens is 414 g/mol. The van der Waals surface area contributed by atoms with Crippen LogP contribution in [-0.2, 0) is 14.3 Å². The second-order valence-electron chi connectivity index (χ2n) is 6.98. The van der Waals surface area contributed by atoms with Gasteiger partial charge in [-0.3, -0.25) is 9.36 Å². The molecule has 1 N–H and O–H groups in total. The molecule has 0 aliphatic rings. The van der Waals surface area contributed by atoms with E-state index < -0.39 is 5.97 Å². The zero-order chi connectivity index (χ0) is 22.4. The summed E-state index contributed by atoms with van der Waals surface area (Å²) in [5, 5.41) is 3.67. The maximum atomic E-state index is 12.5. The van der Waals surface area contributed by atoms with E-state index >= 15 is 0 Å². The van der Waals surface area contributed by atoms with Crippen LogP contribution in [0, 0.1) is 20.8 Å². The number of anilines is 1. The third-order valence-electron chi connectivity index (χ3n) is 4.83. The number of nitrogens with zero attached hydrogens (tertiary/aromatic N) is 2. The maximum absolute atomic E-state index is 12.5. The number of carbonyl (C=O) groups is 2. The minimum atomic E-state index is -0.453. The van der Waals surface area contributed by atoms with Crippen LogP contribution in [0.15, 0.2) is 53.9 Å².